The summed E-state index contributed by atoms with van der Waals surface area (Å²) in [6, 6.07) is 7.91. The van der Waals surface area contributed by atoms with Crippen LogP contribution in [-0.2, 0) is 11.2 Å². The number of benzene rings is 1. The second-order valence-corrected chi connectivity index (χ2v) is 6.41. The van der Waals surface area contributed by atoms with E-state index in [1.165, 1.54) is 17.6 Å². The Bertz CT molecular complexity index is 594. The molecular formula is C19H21ClNO. The van der Waals surface area contributed by atoms with E-state index in [1.54, 1.807) is 0 Å². The van der Waals surface area contributed by atoms with Gasteiger partial charge < -0.3 is 4.90 Å². The smallest absolute Gasteiger partial charge is 0.253 e. The third-order valence-electron chi connectivity index (χ3n) is 4.27. The number of allylic oxidation sites excluding steroid dienone is 2. The SMILES string of the molecule is O=C(C1=CC[CH]C(Cc2ccc(Cl)cc2)=C1)N1CCCCC1. The van der Waals surface area contributed by atoms with Crippen LogP contribution in [0.15, 0.2) is 47.6 Å². The summed E-state index contributed by atoms with van der Waals surface area (Å²) in [7, 11) is 0. The second-order valence-electron chi connectivity index (χ2n) is 5.97. The molecule has 1 fully saturated rings. The summed E-state index contributed by atoms with van der Waals surface area (Å²) in [5.74, 6) is 0.196. The number of piperidine rings is 1. The number of carbonyl (C=O) groups excluding carboxylic acids is 1. The van der Waals surface area contributed by atoms with Gasteiger partial charge in [-0.05, 0) is 62.3 Å². The Balaban J connectivity index is 1.68. The van der Waals surface area contributed by atoms with Gasteiger partial charge in [0.2, 0.25) is 0 Å². The average Bonchev–Trinajstić information content (AvgIpc) is 2.57. The van der Waals surface area contributed by atoms with E-state index < -0.39 is 0 Å². The van der Waals surface area contributed by atoms with Crippen LogP contribution in [0.2, 0.25) is 5.02 Å². The van der Waals surface area contributed by atoms with Crippen LogP contribution in [0.1, 0.15) is 31.2 Å². The van der Waals surface area contributed by atoms with Crippen molar-refractivity contribution < 1.29 is 4.79 Å². The molecule has 1 heterocycles. The number of nitrogens with zero attached hydrogens (tertiary/aromatic N) is 1. The molecule has 1 amide bonds. The van der Waals surface area contributed by atoms with Crippen LogP contribution in [0.4, 0.5) is 0 Å². The molecule has 0 saturated carbocycles. The maximum atomic E-state index is 12.6. The zero-order valence-electron chi connectivity index (χ0n) is 12.7. The molecule has 2 aliphatic rings. The summed E-state index contributed by atoms with van der Waals surface area (Å²) in [6.45, 7) is 1.81. The molecule has 1 aromatic carbocycles. The van der Waals surface area contributed by atoms with Gasteiger partial charge >= 0.3 is 0 Å². The van der Waals surface area contributed by atoms with Crippen molar-refractivity contribution in [3.8, 4) is 0 Å². The molecule has 0 aromatic heterocycles. The Hall–Kier alpha value is -1.54. The molecule has 0 spiro atoms. The molecule has 0 bridgehead atoms. The van der Waals surface area contributed by atoms with E-state index in [2.05, 4.69) is 12.5 Å². The van der Waals surface area contributed by atoms with E-state index in [0.717, 1.165) is 49.4 Å². The predicted octanol–water partition coefficient (Wildman–Crippen LogP) is 4.36. The lowest BCUT2D eigenvalue weighted by atomic mass is 9.93. The maximum Gasteiger partial charge on any atom is 0.253 e. The highest BCUT2D eigenvalue weighted by Gasteiger charge is 2.20. The predicted molar refractivity (Wildman–Crippen MR) is 90.7 cm³/mol. The summed E-state index contributed by atoms with van der Waals surface area (Å²) in [4.78, 5) is 14.6. The van der Waals surface area contributed by atoms with Gasteiger partial charge in [-0.3, -0.25) is 4.79 Å². The third kappa shape index (κ3) is 3.80. The van der Waals surface area contributed by atoms with Crippen molar-refractivity contribution in [1.82, 2.24) is 4.90 Å². The minimum atomic E-state index is 0.196. The van der Waals surface area contributed by atoms with E-state index in [9.17, 15) is 4.79 Å². The van der Waals surface area contributed by atoms with Gasteiger partial charge in [-0.2, -0.15) is 0 Å². The molecule has 3 heteroatoms. The lowest BCUT2D eigenvalue weighted by Crippen LogP contribution is -2.36. The van der Waals surface area contributed by atoms with E-state index in [4.69, 9.17) is 11.6 Å². The lowest BCUT2D eigenvalue weighted by Gasteiger charge is -2.28. The fraction of sp³-hybridized carbons (Fsp3) is 0.368. The van der Waals surface area contributed by atoms with Crippen LogP contribution in [0.3, 0.4) is 0 Å². The molecule has 1 saturated heterocycles. The first kappa shape index (κ1) is 15.4. The fourth-order valence-corrected chi connectivity index (χ4v) is 3.17. The molecular weight excluding hydrogens is 294 g/mol. The third-order valence-corrected chi connectivity index (χ3v) is 4.52. The summed E-state index contributed by atoms with van der Waals surface area (Å²) >= 11 is 5.92. The van der Waals surface area contributed by atoms with E-state index >= 15 is 0 Å². The number of carbonyl (C=O) groups is 1. The molecule has 22 heavy (non-hydrogen) atoms. The van der Waals surface area contributed by atoms with E-state index in [0.29, 0.717) is 0 Å². The van der Waals surface area contributed by atoms with Crippen LogP contribution in [0.5, 0.6) is 0 Å². The normalized spacial score (nSPS) is 18.7. The van der Waals surface area contributed by atoms with Crippen molar-refractivity contribution in [2.45, 2.75) is 32.1 Å². The van der Waals surface area contributed by atoms with Crippen molar-refractivity contribution >= 4 is 17.5 Å². The molecule has 0 unspecified atom stereocenters. The van der Waals surface area contributed by atoms with Crippen LogP contribution in [-0.4, -0.2) is 23.9 Å². The van der Waals surface area contributed by atoms with Gasteiger partial charge in [0.15, 0.2) is 0 Å². The van der Waals surface area contributed by atoms with Gasteiger partial charge in [-0.15, -0.1) is 0 Å². The highest BCUT2D eigenvalue weighted by molar-refractivity contribution is 6.30. The summed E-state index contributed by atoms with van der Waals surface area (Å²) in [5.41, 5.74) is 3.29. The summed E-state index contributed by atoms with van der Waals surface area (Å²) in [5, 5.41) is 0.756. The van der Waals surface area contributed by atoms with Crippen LogP contribution >= 0.6 is 11.6 Å². The van der Waals surface area contributed by atoms with Crippen molar-refractivity contribution in [3.05, 3.63) is 64.6 Å². The quantitative estimate of drug-likeness (QED) is 0.812. The Morgan fingerprint density at radius 3 is 2.55 bits per heavy atom. The lowest BCUT2D eigenvalue weighted by molar-refractivity contribution is -0.127. The molecule has 3 rings (SSSR count). The standard InChI is InChI=1S/C19H21ClNO/c20-18-9-7-15(8-10-18)13-16-5-4-6-17(14-16)19(22)21-11-2-1-3-12-21/h5-10,14H,1-4,11-13H2. The van der Waals surface area contributed by atoms with Gasteiger partial charge in [-0.25, -0.2) is 0 Å². The number of halogens is 1. The zero-order chi connectivity index (χ0) is 15.4. The van der Waals surface area contributed by atoms with Crippen LogP contribution in [0, 0.1) is 6.42 Å². The molecule has 1 aliphatic heterocycles. The topological polar surface area (TPSA) is 20.3 Å². The Kier molecular flexibility index (Phi) is 4.99. The minimum Gasteiger partial charge on any atom is -0.339 e. The number of rotatable bonds is 3. The number of likely N-dealkylation sites (tertiary alicyclic amines) is 1. The highest BCUT2D eigenvalue weighted by atomic mass is 35.5. The largest absolute Gasteiger partial charge is 0.339 e. The molecule has 0 N–H and O–H groups in total. The highest BCUT2D eigenvalue weighted by Crippen LogP contribution is 2.23. The summed E-state index contributed by atoms with van der Waals surface area (Å²) in [6.07, 6.45) is 11.5. The Morgan fingerprint density at radius 2 is 1.82 bits per heavy atom. The van der Waals surface area contributed by atoms with Gasteiger partial charge in [-0.1, -0.05) is 35.4 Å². The molecule has 0 atom stereocenters. The molecule has 115 valence electrons. The Labute approximate surface area is 137 Å². The number of hydrogen-bond donors (Lipinski definition) is 0. The van der Waals surface area contributed by atoms with E-state index in [1.807, 2.05) is 35.2 Å². The van der Waals surface area contributed by atoms with Gasteiger partial charge in [0.25, 0.3) is 5.91 Å². The van der Waals surface area contributed by atoms with Crippen molar-refractivity contribution in [3.63, 3.8) is 0 Å². The minimum absolute atomic E-state index is 0.196. The fourth-order valence-electron chi connectivity index (χ4n) is 3.04. The molecule has 2 nitrogen and oxygen atoms in total. The van der Waals surface area contributed by atoms with Crippen molar-refractivity contribution in [1.29, 1.82) is 0 Å². The van der Waals surface area contributed by atoms with Crippen molar-refractivity contribution in [2.24, 2.45) is 0 Å². The Morgan fingerprint density at radius 1 is 1.09 bits per heavy atom. The van der Waals surface area contributed by atoms with E-state index in [-0.39, 0.29) is 5.91 Å². The first-order valence-electron chi connectivity index (χ1n) is 8.00. The van der Waals surface area contributed by atoms with Crippen LogP contribution < -0.4 is 0 Å². The number of hydrogen-bond acceptors (Lipinski definition) is 1. The van der Waals surface area contributed by atoms with Gasteiger partial charge in [0.1, 0.15) is 0 Å². The van der Waals surface area contributed by atoms with Gasteiger partial charge in [0.05, 0.1) is 0 Å². The first-order chi connectivity index (χ1) is 10.7. The second kappa shape index (κ2) is 7.15. The number of amides is 1. The van der Waals surface area contributed by atoms with Crippen molar-refractivity contribution in [2.75, 3.05) is 13.1 Å². The average molecular weight is 315 g/mol. The molecule has 1 aliphatic carbocycles. The van der Waals surface area contributed by atoms with Crippen LogP contribution in [0.25, 0.3) is 0 Å². The maximum absolute atomic E-state index is 12.6. The first-order valence-corrected chi connectivity index (χ1v) is 8.38. The molecule has 1 radical (unpaired) electrons. The zero-order valence-corrected chi connectivity index (χ0v) is 13.5. The summed E-state index contributed by atoms with van der Waals surface area (Å²) < 4.78 is 0. The molecule has 1 aromatic rings. The van der Waals surface area contributed by atoms with Gasteiger partial charge in [0, 0.05) is 23.7 Å². The monoisotopic (exact) mass is 314 g/mol.